The highest BCUT2D eigenvalue weighted by Gasteiger charge is 2.19. The van der Waals surface area contributed by atoms with Crippen LogP contribution in [0.2, 0.25) is 0 Å². The van der Waals surface area contributed by atoms with Crippen LogP contribution in [0.1, 0.15) is 20.8 Å². The second kappa shape index (κ2) is 4.96. The molecule has 0 saturated carbocycles. The number of halogens is 1. The summed E-state index contributed by atoms with van der Waals surface area (Å²) in [6, 6.07) is 1.42. The van der Waals surface area contributed by atoms with Crippen molar-refractivity contribution in [3.63, 3.8) is 0 Å². The molecule has 0 radical (unpaired) electrons. The highest BCUT2D eigenvalue weighted by Crippen LogP contribution is 2.06. The fourth-order valence-electron chi connectivity index (χ4n) is 1.62. The maximum Gasteiger partial charge on any atom is 0.0195 e. The van der Waals surface area contributed by atoms with Gasteiger partial charge in [0.05, 0.1) is 0 Å². The first-order valence-corrected chi connectivity index (χ1v) is 4.18. The van der Waals surface area contributed by atoms with Crippen LogP contribution in [0.25, 0.3) is 0 Å². The van der Waals surface area contributed by atoms with Gasteiger partial charge in [-0.3, -0.25) is 4.90 Å². The number of hydrogen-bond acceptors (Lipinski definition) is 2. The molecule has 1 saturated heterocycles. The third kappa shape index (κ3) is 2.97. The Morgan fingerprint density at radius 3 is 2.45 bits per heavy atom. The number of nitrogens with one attached hydrogen (secondary N) is 1. The van der Waals surface area contributed by atoms with E-state index in [1.807, 2.05) is 0 Å². The van der Waals surface area contributed by atoms with Gasteiger partial charge in [0, 0.05) is 31.7 Å². The highest BCUT2D eigenvalue weighted by molar-refractivity contribution is 5.85. The zero-order valence-corrected chi connectivity index (χ0v) is 8.45. The van der Waals surface area contributed by atoms with Crippen LogP contribution in [0.5, 0.6) is 0 Å². The minimum absolute atomic E-state index is 0. The van der Waals surface area contributed by atoms with Crippen LogP contribution < -0.4 is 5.32 Å². The monoisotopic (exact) mass is 178 g/mol. The number of rotatable bonds is 1. The Morgan fingerprint density at radius 1 is 1.45 bits per heavy atom. The van der Waals surface area contributed by atoms with E-state index in [0.717, 1.165) is 13.1 Å². The zero-order chi connectivity index (χ0) is 7.56. The summed E-state index contributed by atoms with van der Waals surface area (Å²) in [5, 5.41) is 3.38. The lowest BCUT2D eigenvalue weighted by Crippen LogP contribution is -2.52. The Hall–Kier alpha value is 0.210. The second-order valence-corrected chi connectivity index (χ2v) is 3.38. The summed E-state index contributed by atoms with van der Waals surface area (Å²) in [6.07, 6.45) is 0. The van der Waals surface area contributed by atoms with E-state index in [9.17, 15) is 0 Å². The van der Waals surface area contributed by atoms with Gasteiger partial charge < -0.3 is 5.32 Å². The van der Waals surface area contributed by atoms with Gasteiger partial charge in [0.2, 0.25) is 0 Å². The summed E-state index contributed by atoms with van der Waals surface area (Å²) < 4.78 is 0. The van der Waals surface area contributed by atoms with Crippen LogP contribution in [0.4, 0.5) is 0 Å². The average molecular weight is 179 g/mol. The molecule has 1 heterocycles. The largest absolute Gasteiger partial charge is 0.314 e. The van der Waals surface area contributed by atoms with Crippen LogP contribution in [0.15, 0.2) is 0 Å². The van der Waals surface area contributed by atoms with E-state index >= 15 is 0 Å². The molecule has 1 unspecified atom stereocenters. The molecule has 1 rings (SSSR count). The molecular weight excluding hydrogens is 160 g/mol. The minimum Gasteiger partial charge on any atom is -0.314 e. The second-order valence-electron chi connectivity index (χ2n) is 3.38. The summed E-state index contributed by atoms with van der Waals surface area (Å²) in [4.78, 5) is 2.54. The van der Waals surface area contributed by atoms with Crippen molar-refractivity contribution in [2.75, 3.05) is 19.6 Å². The lowest BCUT2D eigenvalue weighted by Gasteiger charge is -2.36. The van der Waals surface area contributed by atoms with E-state index in [1.165, 1.54) is 6.54 Å². The molecular formula is C8H19ClN2. The SMILES string of the molecule is CC(C)N1CCNCC1C.Cl. The van der Waals surface area contributed by atoms with E-state index < -0.39 is 0 Å². The first-order valence-electron chi connectivity index (χ1n) is 4.18. The molecule has 1 fully saturated rings. The quantitative estimate of drug-likeness (QED) is 0.648. The van der Waals surface area contributed by atoms with Crippen molar-refractivity contribution in [1.29, 1.82) is 0 Å². The fraction of sp³-hybridized carbons (Fsp3) is 1.00. The molecule has 0 spiro atoms. The van der Waals surface area contributed by atoms with Crippen molar-refractivity contribution in [2.24, 2.45) is 0 Å². The summed E-state index contributed by atoms with van der Waals surface area (Å²) in [5.74, 6) is 0. The van der Waals surface area contributed by atoms with E-state index in [0.29, 0.717) is 12.1 Å². The molecule has 0 aromatic carbocycles. The standard InChI is InChI=1S/C8H18N2.ClH/c1-7(2)10-5-4-9-6-8(10)3;/h7-9H,4-6H2,1-3H3;1H. The van der Waals surface area contributed by atoms with Gasteiger partial charge in [-0.1, -0.05) is 0 Å². The van der Waals surface area contributed by atoms with Gasteiger partial charge in [0.15, 0.2) is 0 Å². The van der Waals surface area contributed by atoms with Gasteiger partial charge in [-0.25, -0.2) is 0 Å². The molecule has 0 aromatic rings. The van der Waals surface area contributed by atoms with E-state index in [2.05, 4.69) is 31.0 Å². The molecule has 0 amide bonds. The Labute approximate surface area is 75.8 Å². The Bertz CT molecular complexity index is 106. The van der Waals surface area contributed by atoms with Crippen LogP contribution in [0, 0.1) is 0 Å². The van der Waals surface area contributed by atoms with Gasteiger partial charge in [-0.2, -0.15) is 0 Å². The van der Waals surface area contributed by atoms with Gasteiger partial charge in [-0.05, 0) is 20.8 Å². The normalized spacial score (nSPS) is 26.7. The number of nitrogens with zero attached hydrogens (tertiary/aromatic N) is 1. The molecule has 1 aliphatic rings. The molecule has 68 valence electrons. The predicted molar refractivity (Wildman–Crippen MR) is 51.4 cm³/mol. The molecule has 1 aliphatic heterocycles. The van der Waals surface area contributed by atoms with Gasteiger partial charge in [0.1, 0.15) is 0 Å². The predicted octanol–water partition coefficient (Wildman–Crippen LogP) is 1.11. The van der Waals surface area contributed by atoms with E-state index in [4.69, 9.17) is 0 Å². The molecule has 0 aromatic heterocycles. The summed E-state index contributed by atoms with van der Waals surface area (Å²) in [5.41, 5.74) is 0. The molecule has 3 heteroatoms. The molecule has 1 N–H and O–H groups in total. The molecule has 2 nitrogen and oxygen atoms in total. The lowest BCUT2D eigenvalue weighted by atomic mass is 10.2. The summed E-state index contributed by atoms with van der Waals surface area (Å²) >= 11 is 0. The zero-order valence-electron chi connectivity index (χ0n) is 7.63. The first-order chi connectivity index (χ1) is 4.72. The third-order valence-electron chi connectivity index (χ3n) is 2.22. The molecule has 0 bridgehead atoms. The number of hydrogen-bond donors (Lipinski definition) is 1. The van der Waals surface area contributed by atoms with E-state index in [-0.39, 0.29) is 12.4 Å². The smallest absolute Gasteiger partial charge is 0.0195 e. The summed E-state index contributed by atoms with van der Waals surface area (Å²) in [7, 11) is 0. The third-order valence-corrected chi connectivity index (χ3v) is 2.22. The first kappa shape index (κ1) is 11.2. The van der Waals surface area contributed by atoms with Crippen LogP contribution in [-0.4, -0.2) is 36.6 Å². The van der Waals surface area contributed by atoms with Crippen molar-refractivity contribution in [3.05, 3.63) is 0 Å². The lowest BCUT2D eigenvalue weighted by molar-refractivity contribution is 0.135. The minimum atomic E-state index is 0. The van der Waals surface area contributed by atoms with E-state index in [1.54, 1.807) is 0 Å². The molecule has 0 aliphatic carbocycles. The maximum atomic E-state index is 3.38. The van der Waals surface area contributed by atoms with Crippen molar-refractivity contribution in [3.8, 4) is 0 Å². The van der Waals surface area contributed by atoms with Crippen LogP contribution in [0.3, 0.4) is 0 Å². The average Bonchev–Trinajstić information content (AvgIpc) is 1.88. The van der Waals surface area contributed by atoms with Crippen molar-refractivity contribution >= 4 is 12.4 Å². The molecule has 1 atom stereocenters. The van der Waals surface area contributed by atoms with Gasteiger partial charge >= 0.3 is 0 Å². The fourth-order valence-corrected chi connectivity index (χ4v) is 1.62. The molecule has 11 heavy (non-hydrogen) atoms. The van der Waals surface area contributed by atoms with Gasteiger partial charge in [-0.15, -0.1) is 12.4 Å². The van der Waals surface area contributed by atoms with Crippen molar-refractivity contribution < 1.29 is 0 Å². The Kier molecular flexibility index (Phi) is 5.06. The Balaban J connectivity index is 0.000001000. The van der Waals surface area contributed by atoms with Crippen LogP contribution in [-0.2, 0) is 0 Å². The summed E-state index contributed by atoms with van der Waals surface area (Å²) in [6.45, 7) is 10.3. The highest BCUT2D eigenvalue weighted by atomic mass is 35.5. The maximum absolute atomic E-state index is 3.38. The Morgan fingerprint density at radius 2 is 2.09 bits per heavy atom. The van der Waals surface area contributed by atoms with Crippen LogP contribution >= 0.6 is 12.4 Å². The van der Waals surface area contributed by atoms with Crippen molar-refractivity contribution in [2.45, 2.75) is 32.9 Å². The van der Waals surface area contributed by atoms with Gasteiger partial charge in [0.25, 0.3) is 0 Å². The number of piperazine rings is 1. The topological polar surface area (TPSA) is 15.3 Å². The van der Waals surface area contributed by atoms with Crippen molar-refractivity contribution in [1.82, 2.24) is 10.2 Å².